The minimum Gasteiger partial charge on any atom is -0.285 e. The standard InChI is InChI=1S/C21H18N4/c1-3-19-21(17-8-5-4-6-9-17)25-18(10-7-11-20(25)23-19)13-12-16-14-22-24(2)15-16/h4-11,14-15H,3H2,1-2H3. The predicted octanol–water partition coefficient (Wildman–Crippen LogP) is 3.70. The van der Waals surface area contributed by atoms with Crippen molar-refractivity contribution >= 4 is 5.65 Å². The molecule has 0 radical (unpaired) electrons. The molecule has 4 rings (SSSR count). The van der Waals surface area contributed by atoms with Crippen LogP contribution >= 0.6 is 0 Å². The molecule has 0 saturated heterocycles. The highest BCUT2D eigenvalue weighted by molar-refractivity contribution is 5.69. The second kappa shape index (κ2) is 6.29. The number of pyridine rings is 1. The molecule has 0 N–H and O–H groups in total. The van der Waals surface area contributed by atoms with Gasteiger partial charge in [0.1, 0.15) is 5.65 Å². The fraction of sp³-hybridized carbons (Fsp3) is 0.143. The normalized spacial score (nSPS) is 10.6. The molecule has 0 amide bonds. The van der Waals surface area contributed by atoms with Crippen molar-refractivity contribution in [3.8, 4) is 23.1 Å². The number of aryl methyl sites for hydroxylation is 2. The van der Waals surface area contributed by atoms with Gasteiger partial charge in [-0.2, -0.15) is 5.10 Å². The van der Waals surface area contributed by atoms with Gasteiger partial charge in [-0.15, -0.1) is 0 Å². The molecule has 0 fully saturated rings. The van der Waals surface area contributed by atoms with Gasteiger partial charge in [-0.1, -0.05) is 49.2 Å². The van der Waals surface area contributed by atoms with Crippen molar-refractivity contribution in [2.24, 2.45) is 7.05 Å². The van der Waals surface area contributed by atoms with E-state index in [0.29, 0.717) is 0 Å². The van der Waals surface area contributed by atoms with Crippen LogP contribution in [0.4, 0.5) is 0 Å². The monoisotopic (exact) mass is 326 g/mol. The van der Waals surface area contributed by atoms with Crippen LogP contribution in [0.1, 0.15) is 23.9 Å². The van der Waals surface area contributed by atoms with Crippen LogP contribution in [0, 0.1) is 11.8 Å². The molecule has 4 heteroatoms. The maximum absolute atomic E-state index is 4.81. The number of hydrogen-bond donors (Lipinski definition) is 0. The summed E-state index contributed by atoms with van der Waals surface area (Å²) in [5, 5.41) is 4.17. The average Bonchev–Trinajstić information content (AvgIpc) is 3.24. The van der Waals surface area contributed by atoms with Crippen LogP contribution in [-0.2, 0) is 13.5 Å². The molecule has 122 valence electrons. The molecule has 4 nitrogen and oxygen atoms in total. The van der Waals surface area contributed by atoms with E-state index in [1.807, 2.05) is 37.5 Å². The number of nitrogens with zero attached hydrogens (tertiary/aromatic N) is 4. The second-order valence-electron chi connectivity index (χ2n) is 5.88. The van der Waals surface area contributed by atoms with Gasteiger partial charge in [0, 0.05) is 18.8 Å². The molecule has 0 unspecified atom stereocenters. The van der Waals surface area contributed by atoms with E-state index in [4.69, 9.17) is 4.98 Å². The Morgan fingerprint density at radius 3 is 2.56 bits per heavy atom. The topological polar surface area (TPSA) is 35.1 Å². The van der Waals surface area contributed by atoms with Gasteiger partial charge in [0.25, 0.3) is 0 Å². The fourth-order valence-corrected chi connectivity index (χ4v) is 3.00. The van der Waals surface area contributed by atoms with Crippen molar-refractivity contribution in [2.45, 2.75) is 13.3 Å². The van der Waals surface area contributed by atoms with Crippen LogP contribution in [0.3, 0.4) is 0 Å². The van der Waals surface area contributed by atoms with Crippen molar-refractivity contribution in [2.75, 3.05) is 0 Å². The summed E-state index contributed by atoms with van der Waals surface area (Å²) in [6, 6.07) is 16.4. The van der Waals surface area contributed by atoms with Gasteiger partial charge in [0.05, 0.1) is 28.8 Å². The molecule has 0 bridgehead atoms. The van der Waals surface area contributed by atoms with Crippen molar-refractivity contribution in [3.05, 3.63) is 77.9 Å². The van der Waals surface area contributed by atoms with E-state index in [-0.39, 0.29) is 0 Å². The third kappa shape index (κ3) is 2.81. The lowest BCUT2D eigenvalue weighted by Crippen LogP contribution is -1.96. The van der Waals surface area contributed by atoms with Gasteiger partial charge in [-0.3, -0.25) is 9.08 Å². The number of benzene rings is 1. The van der Waals surface area contributed by atoms with Crippen molar-refractivity contribution in [3.63, 3.8) is 0 Å². The van der Waals surface area contributed by atoms with Crippen LogP contribution in [0.15, 0.2) is 60.9 Å². The first kappa shape index (κ1) is 15.2. The zero-order chi connectivity index (χ0) is 17.2. The Morgan fingerprint density at radius 1 is 1.00 bits per heavy atom. The molecule has 0 aliphatic carbocycles. The first-order valence-electron chi connectivity index (χ1n) is 8.32. The molecule has 0 spiro atoms. The number of rotatable bonds is 2. The Balaban J connectivity index is 1.94. The molecular formula is C21H18N4. The summed E-state index contributed by atoms with van der Waals surface area (Å²) < 4.78 is 3.91. The van der Waals surface area contributed by atoms with E-state index in [2.05, 4.69) is 52.5 Å². The Kier molecular flexibility index (Phi) is 3.83. The third-order valence-corrected chi connectivity index (χ3v) is 4.14. The largest absolute Gasteiger partial charge is 0.285 e. The summed E-state index contributed by atoms with van der Waals surface area (Å²) in [7, 11) is 1.89. The fourth-order valence-electron chi connectivity index (χ4n) is 3.00. The lowest BCUT2D eigenvalue weighted by molar-refractivity contribution is 0.767. The van der Waals surface area contributed by atoms with E-state index in [1.165, 1.54) is 0 Å². The highest BCUT2D eigenvalue weighted by Gasteiger charge is 2.14. The highest BCUT2D eigenvalue weighted by atomic mass is 15.2. The predicted molar refractivity (Wildman–Crippen MR) is 99.2 cm³/mol. The summed E-state index contributed by atoms with van der Waals surface area (Å²) in [4.78, 5) is 4.81. The first-order chi connectivity index (χ1) is 12.3. The van der Waals surface area contributed by atoms with E-state index < -0.39 is 0 Å². The second-order valence-corrected chi connectivity index (χ2v) is 5.88. The Labute approximate surface area is 146 Å². The van der Waals surface area contributed by atoms with E-state index in [1.54, 1.807) is 10.9 Å². The van der Waals surface area contributed by atoms with Gasteiger partial charge >= 0.3 is 0 Å². The Hall–Kier alpha value is -3.32. The summed E-state index contributed by atoms with van der Waals surface area (Å²) >= 11 is 0. The summed E-state index contributed by atoms with van der Waals surface area (Å²) in [5.74, 6) is 6.48. The first-order valence-corrected chi connectivity index (χ1v) is 8.32. The summed E-state index contributed by atoms with van der Waals surface area (Å²) in [6.07, 6.45) is 4.56. The lowest BCUT2D eigenvalue weighted by atomic mass is 10.1. The van der Waals surface area contributed by atoms with Gasteiger partial charge in [0.15, 0.2) is 0 Å². The highest BCUT2D eigenvalue weighted by Crippen LogP contribution is 2.26. The van der Waals surface area contributed by atoms with Gasteiger partial charge in [-0.05, 0) is 24.5 Å². The number of aromatic nitrogens is 4. The molecule has 3 aromatic heterocycles. The van der Waals surface area contributed by atoms with Crippen molar-refractivity contribution < 1.29 is 0 Å². The lowest BCUT2D eigenvalue weighted by Gasteiger charge is -2.06. The molecular weight excluding hydrogens is 308 g/mol. The van der Waals surface area contributed by atoms with Crippen LogP contribution in [0.25, 0.3) is 16.9 Å². The zero-order valence-corrected chi connectivity index (χ0v) is 14.3. The molecule has 0 aliphatic heterocycles. The quantitative estimate of drug-likeness (QED) is 0.527. The molecule has 0 saturated carbocycles. The SMILES string of the molecule is CCc1nc2cccc(C#Cc3cnn(C)c3)n2c1-c1ccccc1. The zero-order valence-electron chi connectivity index (χ0n) is 14.3. The van der Waals surface area contributed by atoms with Gasteiger partial charge in [0.2, 0.25) is 0 Å². The molecule has 0 atom stereocenters. The summed E-state index contributed by atoms with van der Waals surface area (Å²) in [6.45, 7) is 2.13. The number of imidazole rings is 1. The van der Waals surface area contributed by atoms with E-state index >= 15 is 0 Å². The van der Waals surface area contributed by atoms with Crippen LogP contribution in [0.2, 0.25) is 0 Å². The van der Waals surface area contributed by atoms with Crippen LogP contribution in [0.5, 0.6) is 0 Å². The third-order valence-electron chi connectivity index (χ3n) is 4.14. The number of fused-ring (bicyclic) bond motifs is 1. The van der Waals surface area contributed by atoms with E-state index in [9.17, 15) is 0 Å². The Bertz CT molecular complexity index is 1090. The molecule has 25 heavy (non-hydrogen) atoms. The molecule has 1 aromatic carbocycles. The van der Waals surface area contributed by atoms with Crippen LogP contribution in [-0.4, -0.2) is 19.2 Å². The van der Waals surface area contributed by atoms with Crippen molar-refractivity contribution in [1.82, 2.24) is 19.2 Å². The maximum Gasteiger partial charge on any atom is 0.138 e. The molecule has 3 heterocycles. The van der Waals surface area contributed by atoms with Crippen LogP contribution < -0.4 is 0 Å². The maximum atomic E-state index is 4.81. The minimum absolute atomic E-state index is 0.876. The van der Waals surface area contributed by atoms with Gasteiger partial charge in [-0.25, -0.2) is 4.98 Å². The van der Waals surface area contributed by atoms with Gasteiger partial charge < -0.3 is 0 Å². The molecule has 0 aliphatic rings. The number of hydrogen-bond acceptors (Lipinski definition) is 2. The Morgan fingerprint density at radius 2 is 1.84 bits per heavy atom. The summed E-state index contributed by atoms with van der Waals surface area (Å²) in [5.41, 5.74) is 6.11. The van der Waals surface area contributed by atoms with Crippen molar-refractivity contribution in [1.29, 1.82) is 0 Å². The molecule has 4 aromatic rings. The smallest absolute Gasteiger partial charge is 0.138 e. The minimum atomic E-state index is 0.876. The average molecular weight is 326 g/mol. The van der Waals surface area contributed by atoms with E-state index in [0.717, 1.165) is 40.3 Å².